The van der Waals surface area contributed by atoms with Crippen LogP contribution in [0.3, 0.4) is 0 Å². The average molecular weight is 1130 g/mol. The molecule has 0 aromatic heterocycles. The molecule has 0 heterocycles. The molecule has 2 atom stereocenters. The zero-order chi connectivity index (χ0) is 57.0. The third kappa shape index (κ3) is 14.6. The van der Waals surface area contributed by atoms with Gasteiger partial charge in [0.25, 0.3) is 0 Å². The fraction of sp³-hybridized carbons (Fsp3) is 0.114. The SMILES string of the molecule is O=C(c1ccccc1)C(O)(CCC[P+](c1ccccc1)(c1ccccc1)c1ccccc1)c1ccccc1.O=C(c1ccccc1)C(O)(CCC[P+](c1ccccc1)(c1ccccc1)c1ccccc1)c1ccccc1.O=S(=O)(O)O. The third-order valence-electron chi connectivity index (χ3n) is 14.6. The second kappa shape index (κ2) is 28.1. The lowest BCUT2D eigenvalue weighted by Crippen LogP contribution is -2.38. The smallest absolute Gasteiger partial charge is 0.377 e. The van der Waals surface area contributed by atoms with E-state index < -0.39 is 36.1 Å². The largest absolute Gasteiger partial charge is 0.394 e. The summed E-state index contributed by atoms with van der Waals surface area (Å²) in [5, 5.41) is 32.0. The van der Waals surface area contributed by atoms with Crippen LogP contribution in [0.5, 0.6) is 0 Å². The summed E-state index contributed by atoms with van der Waals surface area (Å²) >= 11 is 0. The monoisotopic (exact) mass is 1130 g/mol. The number of Topliss-reactive ketones (excluding diaryl/α,β-unsaturated/α-hetero) is 2. The molecule has 10 aromatic carbocycles. The van der Waals surface area contributed by atoms with Crippen molar-refractivity contribution in [3.63, 3.8) is 0 Å². The molecule has 10 aromatic rings. The Morgan fingerprint density at radius 1 is 0.309 bits per heavy atom. The van der Waals surface area contributed by atoms with Crippen molar-refractivity contribution >= 4 is 68.3 Å². The minimum atomic E-state index is -4.67. The van der Waals surface area contributed by atoms with Gasteiger partial charge in [0.1, 0.15) is 46.4 Å². The summed E-state index contributed by atoms with van der Waals surface area (Å²) in [4.78, 5) is 27.6. The summed E-state index contributed by atoms with van der Waals surface area (Å²) in [7, 11) is -8.78. The Labute approximate surface area is 477 Å². The van der Waals surface area contributed by atoms with Crippen LogP contribution in [0.4, 0.5) is 0 Å². The summed E-state index contributed by atoms with van der Waals surface area (Å²) in [5.74, 6) is -0.514. The molecule has 0 spiro atoms. The normalized spacial score (nSPS) is 12.9. The molecule has 0 amide bonds. The quantitative estimate of drug-likeness (QED) is 0.0335. The number of hydrogen-bond donors (Lipinski definition) is 4. The predicted octanol–water partition coefficient (Wildman–Crippen LogP) is 12.4. The number of carbonyl (C=O) groups is 2. The van der Waals surface area contributed by atoms with Gasteiger partial charge in [-0.25, -0.2) is 0 Å². The van der Waals surface area contributed by atoms with Crippen LogP contribution in [0.1, 0.15) is 57.5 Å². The first-order valence-electron chi connectivity index (χ1n) is 26.8. The molecular weight excluding hydrogens is 1060 g/mol. The molecule has 0 saturated heterocycles. The van der Waals surface area contributed by atoms with Gasteiger partial charge < -0.3 is 10.2 Å². The molecule has 0 aliphatic rings. The van der Waals surface area contributed by atoms with Crippen LogP contribution in [0, 0.1) is 0 Å². The maximum Gasteiger partial charge on any atom is 0.394 e. The van der Waals surface area contributed by atoms with Crippen LogP contribution in [-0.4, -0.2) is 51.6 Å². The molecule has 0 aliphatic carbocycles. The molecular formula is C70H66O8P2S+2. The molecule has 0 aliphatic heterocycles. The van der Waals surface area contributed by atoms with Crippen molar-refractivity contribution in [2.75, 3.05) is 12.3 Å². The fourth-order valence-corrected chi connectivity index (χ4v) is 19.5. The first kappa shape index (κ1) is 59.3. The van der Waals surface area contributed by atoms with E-state index in [2.05, 4.69) is 182 Å². The van der Waals surface area contributed by atoms with Crippen LogP contribution in [-0.2, 0) is 21.6 Å². The van der Waals surface area contributed by atoms with Crippen molar-refractivity contribution in [3.05, 3.63) is 326 Å². The molecule has 0 saturated carbocycles. The van der Waals surface area contributed by atoms with Crippen LogP contribution in [0.2, 0.25) is 0 Å². The van der Waals surface area contributed by atoms with Crippen LogP contribution in [0.15, 0.2) is 303 Å². The Morgan fingerprint density at radius 3 is 0.679 bits per heavy atom. The lowest BCUT2D eigenvalue weighted by molar-refractivity contribution is 0.0248. The Balaban J connectivity index is 0.000000196. The van der Waals surface area contributed by atoms with Gasteiger partial charge in [-0.3, -0.25) is 18.7 Å². The maximum absolute atomic E-state index is 13.8. The molecule has 408 valence electrons. The molecule has 8 nitrogen and oxygen atoms in total. The minimum Gasteiger partial charge on any atom is -0.377 e. The van der Waals surface area contributed by atoms with E-state index in [1.54, 1.807) is 24.3 Å². The molecule has 10 rings (SSSR count). The standard InChI is InChI=1S/2C35H32O2P.H2O4S/c2*36-34(29-17-6-1-7-18-29)35(37,30-19-8-2-9-20-30)27-16-28-38(31-21-10-3-11-22-31,32-23-12-4-13-24-32)33-25-14-5-15-26-33;1-5(2,3)4/h2*1-15,17-26,37H,16,27-28H2;(H2,1,2,3,4)/q2*+1;. The number of hydrogen-bond acceptors (Lipinski definition) is 6. The van der Waals surface area contributed by atoms with Crippen LogP contribution < -0.4 is 31.8 Å². The number of rotatable bonds is 20. The summed E-state index contributed by atoms with van der Waals surface area (Å²) in [5.41, 5.74) is -0.901. The zero-order valence-corrected chi connectivity index (χ0v) is 47.4. The number of carbonyl (C=O) groups excluding carboxylic acids is 2. The Morgan fingerprint density at radius 2 is 0.481 bits per heavy atom. The second-order valence-corrected chi connectivity index (χ2v) is 27.7. The van der Waals surface area contributed by atoms with Gasteiger partial charge in [0.05, 0.1) is 12.3 Å². The first-order valence-corrected chi connectivity index (χ1v) is 32.2. The van der Waals surface area contributed by atoms with E-state index in [4.69, 9.17) is 17.5 Å². The third-order valence-corrected chi connectivity index (χ3v) is 23.6. The highest BCUT2D eigenvalue weighted by Gasteiger charge is 2.48. The first-order chi connectivity index (χ1) is 39.3. The topological polar surface area (TPSA) is 149 Å². The lowest BCUT2D eigenvalue weighted by atomic mass is 9.82. The van der Waals surface area contributed by atoms with Crippen molar-refractivity contribution in [2.24, 2.45) is 0 Å². The van der Waals surface area contributed by atoms with Crippen molar-refractivity contribution < 1.29 is 37.3 Å². The van der Waals surface area contributed by atoms with Gasteiger partial charge in [0, 0.05) is 11.1 Å². The second-order valence-electron chi connectivity index (χ2n) is 19.6. The highest BCUT2D eigenvalue weighted by atomic mass is 32.3. The molecule has 4 N–H and O–H groups in total. The Hall–Kier alpha value is -7.81. The Bertz CT molecular complexity index is 3180. The minimum absolute atomic E-state index is 0.257. The van der Waals surface area contributed by atoms with Crippen LogP contribution in [0.25, 0.3) is 0 Å². The fourth-order valence-electron chi connectivity index (χ4n) is 10.8. The van der Waals surface area contributed by atoms with Crippen molar-refractivity contribution in [2.45, 2.75) is 36.9 Å². The number of ketones is 2. The number of benzene rings is 10. The van der Waals surface area contributed by atoms with Gasteiger partial charge in [0.2, 0.25) is 0 Å². The van der Waals surface area contributed by atoms with Crippen molar-refractivity contribution in [3.8, 4) is 0 Å². The summed E-state index contributed by atoms with van der Waals surface area (Å²) in [6.07, 6.45) is 3.69. The van der Waals surface area contributed by atoms with Gasteiger partial charge >= 0.3 is 10.4 Å². The lowest BCUT2D eigenvalue weighted by Gasteiger charge is -2.31. The molecule has 11 heteroatoms. The van der Waals surface area contributed by atoms with E-state index in [9.17, 15) is 19.8 Å². The highest BCUT2D eigenvalue weighted by Crippen LogP contribution is 2.57. The van der Waals surface area contributed by atoms with Gasteiger partial charge in [-0.2, -0.15) is 8.42 Å². The molecule has 0 bridgehead atoms. The van der Waals surface area contributed by atoms with Gasteiger partial charge in [-0.15, -0.1) is 0 Å². The van der Waals surface area contributed by atoms with Gasteiger partial charge in [0.15, 0.2) is 22.8 Å². The maximum atomic E-state index is 13.8. The van der Waals surface area contributed by atoms with Crippen molar-refractivity contribution in [1.29, 1.82) is 0 Å². The zero-order valence-electron chi connectivity index (χ0n) is 44.8. The predicted molar refractivity (Wildman–Crippen MR) is 335 cm³/mol. The van der Waals surface area contributed by atoms with E-state index in [0.29, 0.717) is 47.9 Å². The van der Waals surface area contributed by atoms with Gasteiger partial charge in [-0.05, 0) is 110 Å². The average Bonchev–Trinajstić information content (AvgIpc) is 3.60. The van der Waals surface area contributed by atoms with E-state index in [0.717, 1.165) is 12.3 Å². The summed E-state index contributed by atoms with van der Waals surface area (Å²) in [6.45, 7) is 0. The van der Waals surface area contributed by atoms with E-state index in [-0.39, 0.29) is 11.6 Å². The molecule has 2 unspecified atom stereocenters. The summed E-state index contributed by atoms with van der Waals surface area (Å²) < 4.78 is 31.6. The number of aliphatic hydroxyl groups is 2. The summed E-state index contributed by atoms with van der Waals surface area (Å²) in [6, 6.07) is 101. The van der Waals surface area contributed by atoms with E-state index in [1.807, 2.05) is 97.1 Å². The van der Waals surface area contributed by atoms with Gasteiger partial charge in [-0.1, -0.05) is 231 Å². The molecule has 0 radical (unpaired) electrons. The van der Waals surface area contributed by atoms with Crippen LogP contribution >= 0.6 is 14.5 Å². The Kier molecular flexibility index (Phi) is 20.5. The van der Waals surface area contributed by atoms with E-state index >= 15 is 0 Å². The van der Waals surface area contributed by atoms with Crippen molar-refractivity contribution in [1.82, 2.24) is 0 Å². The highest BCUT2D eigenvalue weighted by molar-refractivity contribution is 7.96. The molecule has 0 fully saturated rings. The molecule has 81 heavy (non-hydrogen) atoms. The van der Waals surface area contributed by atoms with E-state index in [1.165, 1.54) is 31.8 Å².